The van der Waals surface area contributed by atoms with Crippen LogP contribution in [0.2, 0.25) is 0 Å². The molecule has 1 amide bonds. The van der Waals surface area contributed by atoms with Crippen molar-refractivity contribution < 1.29 is 14.7 Å². The Morgan fingerprint density at radius 2 is 2.40 bits per heavy atom. The van der Waals surface area contributed by atoms with E-state index < -0.39 is 17.4 Å². The number of carboxylic acids is 1. The monoisotopic (exact) mass is 209 g/mol. The van der Waals surface area contributed by atoms with Crippen molar-refractivity contribution in [3.8, 4) is 12.3 Å². The van der Waals surface area contributed by atoms with Gasteiger partial charge < -0.3 is 10.0 Å². The van der Waals surface area contributed by atoms with Gasteiger partial charge in [-0.05, 0) is 13.3 Å². The molecule has 1 saturated heterocycles. The molecule has 2 unspecified atom stereocenters. The van der Waals surface area contributed by atoms with Gasteiger partial charge in [0.05, 0.1) is 5.92 Å². The van der Waals surface area contributed by atoms with E-state index in [0.717, 1.165) is 0 Å². The molecule has 1 rings (SSSR count). The summed E-state index contributed by atoms with van der Waals surface area (Å²) < 4.78 is 0. The fraction of sp³-hybridized carbons (Fsp3) is 0.636. The van der Waals surface area contributed by atoms with Gasteiger partial charge in [-0.1, -0.05) is 12.8 Å². The van der Waals surface area contributed by atoms with Crippen LogP contribution in [0.1, 0.15) is 26.7 Å². The number of hydrogen-bond acceptors (Lipinski definition) is 2. The molecule has 0 aliphatic carbocycles. The zero-order valence-corrected chi connectivity index (χ0v) is 8.99. The highest BCUT2D eigenvalue weighted by Crippen LogP contribution is 2.28. The number of amides is 1. The lowest BCUT2D eigenvalue weighted by Crippen LogP contribution is -2.46. The van der Waals surface area contributed by atoms with Gasteiger partial charge in [0.1, 0.15) is 5.54 Å². The number of likely N-dealkylation sites (tertiary alicyclic amines) is 1. The number of carboxylic acid groups (broad SMARTS) is 1. The van der Waals surface area contributed by atoms with E-state index >= 15 is 0 Å². The average Bonchev–Trinajstić information content (AvgIpc) is 2.60. The molecule has 0 aromatic carbocycles. The second-order valence-corrected chi connectivity index (χ2v) is 4.02. The molecule has 0 aromatic rings. The first-order chi connectivity index (χ1) is 6.94. The lowest BCUT2D eigenvalue weighted by atomic mass is 9.98. The van der Waals surface area contributed by atoms with Crippen molar-refractivity contribution in [2.24, 2.45) is 5.92 Å². The quantitative estimate of drug-likeness (QED) is 0.697. The Morgan fingerprint density at radius 3 is 2.73 bits per heavy atom. The maximum absolute atomic E-state index is 11.6. The summed E-state index contributed by atoms with van der Waals surface area (Å²) in [5.74, 6) is 0.866. The highest BCUT2D eigenvalue weighted by Gasteiger charge is 2.42. The molecule has 2 atom stereocenters. The van der Waals surface area contributed by atoms with Gasteiger partial charge in [-0.15, -0.1) is 6.42 Å². The molecule has 0 radical (unpaired) electrons. The number of nitrogens with zero attached hydrogens (tertiary/aromatic N) is 1. The van der Waals surface area contributed by atoms with E-state index in [1.165, 1.54) is 4.90 Å². The molecule has 82 valence electrons. The van der Waals surface area contributed by atoms with Crippen molar-refractivity contribution in [2.45, 2.75) is 32.2 Å². The van der Waals surface area contributed by atoms with Crippen molar-refractivity contribution in [3.63, 3.8) is 0 Å². The SMILES string of the molecule is C#CC(C)(CC)N1CC(C(=O)O)CC1=O. The topological polar surface area (TPSA) is 57.6 Å². The van der Waals surface area contributed by atoms with Gasteiger partial charge in [-0.3, -0.25) is 9.59 Å². The molecular formula is C11H15NO3. The summed E-state index contributed by atoms with van der Waals surface area (Å²) in [5.41, 5.74) is -0.652. The third kappa shape index (κ3) is 1.96. The van der Waals surface area contributed by atoms with Crippen molar-refractivity contribution in [1.82, 2.24) is 4.90 Å². The number of terminal acetylenes is 1. The van der Waals surface area contributed by atoms with E-state index in [0.29, 0.717) is 6.42 Å². The molecule has 0 aromatic heterocycles. The van der Waals surface area contributed by atoms with E-state index in [2.05, 4.69) is 5.92 Å². The molecule has 1 N–H and O–H groups in total. The highest BCUT2D eigenvalue weighted by molar-refractivity contribution is 5.86. The summed E-state index contributed by atoms with van der Waals surface area (Å²) in [6, 6.07) is 0. The van der Waals surface area contributed by atoms with Gasteiger partial charge in [0.25, 0.3) is 0 Å². The Morgan fingerprint density at radius 1 is 1.80 bits per heavy atom. The Kier molecular flexibility index (Phi) is 3.04. The normalized spacial score (nSPS) is 24.7. The number of aliphatic carboxylic acids is 1. The van der Waals surface area contributed by atoms with Crippen LogP contribution in [-0.4, -0.2) is 34.0 Å². The van der Waals surface area contributed by atoms with Crippen molar-refractivity contribution in [2.75, 3.05) is 6.54 Å². The molecule has 15 heavy (non-hydrogen) atoms. The van der Waals surface area contributed by atoms with Crippen LogP contribution >= 0.6 is 0 Å². The van der Waals surface area contributed by atoms with Crippen LogP contribution in [0.3, 0.4) is 0 Å². The van der Waals surface area contributed by atoms with E-state index in [1.54, 1.807) is 6.92 Å². The molecule has 4 nitrogen and oxygen atoms in total. The Balaban J connectivity index is 2.87. The highest BCUT2D eigenvalue weighted by atomic mass is 16.4. The lowest BCUT2D eigenvalue weighted by molar-refractivity contribution is -0.141. The third-order valence-electron chi connectivity index (χ3n) is 3.07. The molecule has 1 aliphatic heterocycles. The second-order valence-electron chi connectivity index (χ2n) is 4.02. The van der Waals surface area contributed by atoms with E-state index in [1.807, 2.05) is 6.92 Å². The molecule has 0 saturated carbocycles. The van der Waals surface area contributed by atoms with Crippen LogP contribution in [0.5, 0.6) is 0 Å². The fourth-order valence-electron chi connectivity index (χ4n) is 1.72. The van der Waals surface area contributed by atoms with Gasteiger partial charge in [0, 0.05) is 13.0 Å². The minimum absolute atomic E-state index is 0.0621. The smallest absolute Gasteiger partial charge is 0.308 e. The van der Waals surface area contributed by atoms with E-state index in [4.69, 9.17) is 11.5 Å². The number of carbonyl (C=O) groups excluding carboxylic acids is 1. The summed E-state index contributed by atoms with van der Waals surface area (Å²) >= 11 is 0. The fourth-order valence-corrected chi connectivity index (χ4v) is 1.72. The summed E-state index contributed by atoms with van der Waals surface area (Å²) in [5, 5.41) is 8.83. The van der Waals surface area contributed by atoms with Crippen molar-refractivity contribution >= 4 is 11.9 Å². The third-order valence-corrected chi connectivity index (χ3v) is 3.07. The molecule has 0 bridgehead atoms. The van der Waals surface area contributed by atoms with Crippen LogP contribution in [0, 0.1) is 18.3 Å². The summed E-state index contributed by atoms with van der Waals surface area (Å²) in [6.07, 6.45) is 6.08. The maximum Gasteiger partial charge on any atom is 0.308 e. The molecule has 1 fully saturated rings. The van der Waals surface area contributed by atoms with Gasteiger partial charge in [0.15, 0.2) is 0 Å². The lowest BCUT2D eigenvalue weighted by Gasteiger charge is -2.33. The predicted molar refractivity (Wildman–Crippen MR) is 55.0 cm³/mol. The number of rotatable bonds is 3. The zero-order valence-electron chi connectivity index (χ0n) is 8.99. The Labute approximate surface area is 89.3 Å². The molecule has 1 heterocycles. The van der Waals surface area contributed by atoms with Crippen LogP contribution in [-0.2, 0) is 9.59 Å². The first-order valence-electron chi connectivity index (χ1n) is 4.95. The first kappa shape index (κ1) is 11.6. The van der Waals surface area contributed by atoms with Crippen LogP contribution < -0.4 is 0 Å². The standard InChI is InChI=1S/C11H15NO3/c1-4-11(3,5-2)12-7-8(10(14)15)6-9(12)13/h1,8H,5-7H2,2-3H3,(H,14,15). The summed E-state index contributed by atoms with van der Waals surface area (Å²) in [7, 11) is 0. The molecular weight excluding hydrogens is 194 g/mol. The zero-order chi connectivity index (χ0) is 11.6. The molecule has 1 aliphatic rings. The Bertz CT molecular complexity index is 331. The minimum atomic E-state index is -0.929. The summed E-state index contributed by atoms with van der Waals surface area (Å²) in [6.45, 7) is 3.90. The minimum Gasteiger partial charge on any atom is -0.481 e. The molecule has 0 spiro atoms. The van der Waals surface area contributed by atoms with Crippen LogP contribution in [0.15, 0.2) is 0 Å². The summed E-state index contributed by atoms with van der Waals surface area (Å²) in [4.78, 5) is 23.9. The van der Waals surface area contributed by atoms with Crippen LogP contribution in [0.4, 0.5) is 0 Å². The van der Waals surface area contributed by atoms with E-state index in [9.17, 15) is 9.59 Å². The largest absolute Gasteiger partial charge is 0.481 e. The van der Waals surface area contributed by atoms with Crippen LogP contribution in [0.25, 0.3) is 0 Å². The molecule has 4 heteroatoms. The first-order valence-corrected chi connectivity index (χ1v) is 4.95. The van der Waals surface area contributed by atoms with Gasteiger partial charge in [0.2, 0.25) is 5.91 Å². The van der Waals surface area contributed by atoms with Gasteiger partial charge >= 0.3 is 5.97 Å². The van der Waals surface area contributed by atoms with Crippen molar-refractivity contribution in [3.05, 3.63) is 0 Å². The van der Waals surface area contributed by atoms with Crippen molar-refractivity contribution in [1.29, 1.82) is 0 Å². The average molecular weight is 209 g/mol. The second kappa shape index (κ2) is 3.93. The Hall–Kier alpha value is -1.50. The predicted octanol–water partition coefficient (Wildman–Crippen LogP) is 0.721. The maximum atomic E-state index is 11.6. The number of hydrogen-bond donors (Lipinski definition) is 1. The van der Waals surface area contributed by atoms with Gasteiger partial charge in [-0.2, -0.15) is 0 Å². The van der Waals surface area contributed by atoms with E-state index in [-0.39, 0.29) is 18.9 Å². The van der Waals surface area contributed by atoms with Gasteiger partial charge in [-0.25, -0.2) is 0 Å². The number of carbonyl (C=O) groups is 2.